The van der Waals surface area contributed by atoms with Crippen molar-refractivity contribution in [2.24, 2.45) is 0 Å². The van der Waals surface area contributed by atoms with Crippen LogP contribution in [-0.4, -0.2) is 67.0 Å². The average molecular weight is 312 g/mol. The Morgan fingerprint density at radius 1 is 1.17 bits per heavy atom. The zero-order valence-corrected chi connectivity index (χ0v) is 13.7. The number of likely N-dealkylation sites (N-methyl/N-ethyl adjacent to an activating group) is 1. The van der Waals surface area contributed by atoms with Gasteiger partial charge in [0.2, 0.25) is 0 Å². The largest absolute Gasteiger partial charge is 0.352 e. The summed E-state index contributed by atoms with van der Waals surface area (Å²) in [4.78, 5) is 21.5. The first-order valence-electron chi connectivity index (χ1n) is 8.27. The number of carbonyl (C=O) groups is 1. The standard InChI is InChI=1S/C18H24N4O/c1-21-11-13-22(14-12-21)10-4-9-20-18(23)16-5-2-7-17-15(16)6-3-8-19-17/h2-3,5-8H,4,9-14H2,1H3,(H,20,23). The zero-order valence-electron chi connectivity index (χ0n) is 13.7. The molecule has 0 radical (unpaired) electrons. The molecule has 1 aliphatic heterocycles. The molecule has 3 rings (SSSR count). The van der Waals surface area contributed by atoms with E-state index < -0.39 is 0 Å². The Hall–Kier alpha value is -1.98. The number of nitrogens with zero attached hydrogens (tertiary/aromatic N) is 3. The molecule has 23 heavy (non-hydrogen) atoms. The van der Waals surface area contributed by atoms with Gasteiger partial charge in [0.1, 0.15) is 0 Å². The summed E-state index contributed by atoms with van der Waals surface area (Å²) in [6.07, 6.45) is 2.73. The highest BCUT2D eigenvalue weighted by Gasteiger charge is 2.13. The van der Waals surface area contributed by atoms with E-state index in [9.17, 15) is 4.79 Å². The summed E-state index contributed by atoms with van der Waals surface area (Å²) in [7, 11) is 2.16. The summed E-state index contributed by atoms with van der Waals surface area (Å²) >= 11 is 0. The van der Waals surface area contributed by atoms with E-state index in [1.54, 1.807) is 6.20 Å². The zero-order chi connectivity index (χ0) is 16.1. The Morgan fingerprint density at radius 2 is 2.00 bits per heavy atom. The lowest BCUT2D eigenvalue weighted by molar-refractivity contribution is 0.0951. The normalized spacial score (nSPS) is 16.6. The fourth-order valence-corrected chi connectivity index (χ4v) is 2.97. The van der Waals surface area contributed by atoms with Crippen LogP contribution in [0, 0.1) is 0 Å². The number of nitrogens with one attached hydrogen (secondary N) is 1. The highest BCUT2D eigenvalue weighted by atomic mass is 16.1. The summed E-state index contributed by atoms with van der Waals surface area (Å²) < 4.78 is 0. The first-order chi connectivity index (χ1) is 11.2. The number of rotatable bonds is 5. The first kappa shape index (κ1) is 15.9. The van der Waals surface area contributed by atoms with Gasteiger partial charge in [-0.1, -0.05) is 12.1 Å². The van der Waals surface area contributed by atoms with E-state index in [1.165, 1.54) is 0 Å². The van der Waals surface area contributed by atoms with Crippen LogP contribution < -0.4 is 5.32 Å². The van der Waals surface area contributed by atoms with Crippen molar-refractivity contribution in [3.8, 4) is 0 Å². The van der Waals surface area contributed by atoms with Crippen LogP contribution in [0.2, 0.25) is 0 Å². The van der Waals surface area contributed by atoms with Gasteiger partial charge in [0, 0.05) is 49.9 Å². The lowest BCUT2D eigenvalue weighted by Gasteiger charge is -2.32. The number of hydrogen-bond donors (Lipinski definition) is 1. The Balaban J connectivity index is 1.49. The van der Waals surface area contributed by atoms with Gasteiger partial charge in [0.25, 0.3) is 5.91 Å². The van der Waals surface area contributed by atoms with Gasteiger partial charge in [-0.2, -0.15) is 0 Å². The fourth-order valence-electron chi connectivity index (χ4n) is 2.97. The lowest BCUT2D eigenvalue weighted by atomic mass is 10.1. The van der Waals surface area contributed by atoms with Gasteiger partial charge in [-0.05, 0) is 38.2 Å². The molecule has 1 aliphatic rings. The lowest BCUT2D eigenvalue weighted by Crippen LogP contribution is -2.45. The predicted molar refractivity (Wildman–Crippen MR) is 92.6 cm³/mol. The Morgan fingerprint density at radius 3 is 2.83 bits per heavy atom. The predicted octanol–water partition coefficient (Wildman–Crippen LogP) is 1.60. The molecule has 2 heterocycles. The van der Waals surface area contributed by atoms with E-state index in [0.717, 1.165) is 50.0 Å². The number of carbonyl (C=O) groups excluding carboxylic acids is 1. The molecular formula is C18H24N4O. The molecule has 0 aliphatic carbocycles. The molecule has 2 aromatic rings. The second kappa shape index (κ2) is 7.53. The van der Waals surface area contributed by atoms with Crippen molar-refractivity contribution >= 4 is 16.8 Å². The van der Waals surface area contributed by atoms with Gasteiger partial charge in [-0.3, -0.25) is 9.78 Å². The third kappa shape index (κ3) is 4.06. The van der Waals surface area contributed by atoms with Crippen molar-refractivity contribution < 1.29 is 4.79 Å². The van der Waals surface area contributed by atoms with Crippen molar-refractivity contribution in [1.82, 2.24) is 20.1 Å². The van der Waals surface area contributed by atoms with Crippen LogP contribution in [0.4, 0.5) is 0 Å². The molecule has 0 saturated carbocycles. The molecule has 122 valence electrons. The molecule has 1 aromatic heterocycles. The molecule has 0 atom stereocenters. The van der Waals surface area contributed by atoms with Crippen LogP contribution in [-0.2, 0) is 0 Å². The van der Waals surface area contributed by atoms with E-state index in [0.29, 0.717) is 12.1 Å². The molecular weight excluding hydrogens is 288 g/mol. The average Bonchev–Trinajstić information content (AvgIpc) is 2.59. The first-order valence-corrected chi connectivity index (χ1v) is 8.27. The summed E-state index contributed by atoms with van der Waals surface area (Å²) in [5.41, 5.74) is 1.56. The van der Waals surface area contributed by atoms with Crippen LogP contribution in [0.15, 0.2) is 36.5 Å². The molecule has 0 spiro atoms. The van der Waals surface area contributed by atoms with E-state index in [2.05, 4.69) is 27.1 Å². The molecule has 5 nitrogen and oxygen atoms in total. The smallest absolute Gasteiger partial charge is 0.251 e. The van der Waals surface area contributed by atoms with Crippen LogP contribution in [0.25, 0.3) is 10.9 Å². The minimum atomic E-state index is -0.0121. The molecule has 1 saturated heterocycles. The van der Waals surface area contributed by atoms with Gasteiger partial charge in [0.05, 0.1) is 5.52 Å². The van der Waals surface area contributed by atoms with Crippen molar-refractivity contribution in [3.05, 3.63) is 42.1 Å². The minimum absolute atomic E-state index is 0.0121. The molecule has 5 heteroatoms. The van der Waals surface area contributed by atoms with Crippen molar-refractivity contribution in [2.75, 3.05) is 46.3 Å². The molecule has 1 amide bonds. The maximum Gasteiger partial charge on any atom is 0.251 e. The monoisotopic (exact) mass is 312 g/mol. The van der Waals surface area contributed by atoms with Gasteiger partial charge >= 0.3 is 0 Å². The summed E-state index contributed by atoms with van der Waals surface area (Å²) in [6, 6.07) is 9.49. The number of amides is 1. The number of pyridine rings is 1. The summed E-state index contributed by atoms with van der Waals surface area (Å²) in [6.45, 7) is 6.27. The molecule has 1 N–H and O–H groups in total. The highest BCUT2D eigenvalue weighted by Crippen LogP contribution is 2.16. The maximum absolute atomic E-state index is 12.4. The SMILES string of the molecule is CN1CCN(CCCNC(=O)c2cccc3ncccc23)CC1. The summed E-state index contributed by atoms with van der Waals surface area (Å²) in [5.74, 6) is -0.0121. The van der Waals surface area contributed by atoms with Crippen LogP contribution in [0.3, 0.4) is 0 Å². The fraction of sp³-hybridized carbons (Fsp3) is 0.444. The van der Waals surface area contributed by atoms with E-state index in [-0.39, 0.29) is 5.91 Å². The number of benzene rings is 1. The Labute approximate surface area is 137 Å². The van der Waals surface area contributed by atoms with Crippen molar-refractivity contribution in [1.29, 1.82) is 0 Å². The quantitative estimate of drug-likeness (QED) is 0.852. The number of hydrogen-bond acceptors (Lipinski definition) is 4. The maximum atomic E-state index is 12.4. The third-order valence-electron chi connectivity index (χ3n) is 4.42. The molecule has 0 bridgehead atoms. The summed E-state index contributed by atoms with van der Waals surface area (Å²) in [5, 5.41) is 3.94. The Kier molecular flexibility index (Phi) is 5.20. The topological polar surface area (TPSA) is 48.5 Å². The van der Waals surface area contributed by atoms with Crippen LogP contribution >= 0.6 is 0 Å². The third-order valence-corrected chi connectivity index (χ3v) is 4.42. The minimum Gasteiger partial charge on any atom is -0.352 e. The highest BCUT2D eigenvalue weighted by molar-refractivity contribution is 6.06. The Bertz CT molecular complexity index is 660. The number of fused-ring (bicyclic) bond motifs is 1. The number of aromatic nitrogens is 1. The second-order valence-corrected chi connectivity index (χ2v) is 6.13. The van der Waals surface area contributed by atoms with Crippen molar-refractivity contribution in [3.63, 3.8) is 0 Å². The van der Waals surface area contributed by atoms with Gasteiger partial charge in [0.15, 0.2) is 0 Å². The van der Waals surface area contributed by atoms with Gasteiger partial charge in [-0.25, -0.2) is 0 Å². The number of piperazine rings is 1. The molecule has 0 unspecified atom stereocenters. The van der Waals surface area contributed by atoms with E-state index >= 15 is 0 Å². The van der Waals surface area contributed by atoms with Crippen LogP contribution in [0.1, 0.15) is 16.8 Å². The van der Waals surface area contributed by atoms with E-state index in [1.807, 2.05) is 30.3 Å². The molecule has 1 fully saturated rings. The van der Waals surface area contributed by atoms with Gasteiger partial charge in [-0.15, -0.1) is 0 Å². The van der Waals surface area contributed by atoms with Crippen LogP contribution in [0.5, 0.6) is 0 Å². The second-order valence-electron chi connectivity index (χ2n) is 6.13. The van der Waals surface area contributed by atoms with Crippen molar-refractivity contribution in [2.45, 2.75) is 6.42 Å². The molecule has 1 aromatic carbocycles. The van der Waals surface area contributed by atoms with Gasteiger partial charge < -0.3 is 15.1 Å². The van der Waals surface area contributed by atoms with E-state index in [4.69, 9.17) is 0 Å².